The van der Waals surface area contributed by atoms with Crippen LogP contribution in [0.1, 0.15) is 18.7 Å². The van der Waals surface area contributed by atoms with Gasteiger partial charge in [-0.2, -0.15) is 5.21 Å². The lowest BCUT2D eigenvalue weighted by Gasteiger charge is -2.13. The molecule has 0 atom stereocenters. The fourth-order valence-electron chi connectivity index (χ4n) is 1.44. The molecule has 86 valence electrons. The van der Waals surface area contributed by atoms with E-state index in [1.54, 1.807) is 4.90 Å². The molecule has 8 heteroatoms. The molecule has 0 aliphatic carbocycles. The van der Waals surface area contributed by atoms with E-state index in [-0.39, 0.29) is 5.91 Å². The predicted octanol–water partition coefficient (Wildman–Crippen LogP) is 0.383. The van der Waals surface area contributed by atoms with E-state index >= 15 is 0 Å². The summed E-state index contributed by atoms with van der Waals surface area (Å²) in [4.78, 5) is 13.1. The molecule has 16 heavy (non-hydrogen) atoms. The maximum absolute atomic E-state index is 11.4. The molecular weight excluding hydrogens is 246 g/mol. The quantitative estimate of drug-likeness (QED) is 0.607. The van der Waals surface area contributed by atoms with Crippen molar-refractivity contribution in [2.24, 2.45) is 0 Å². The third-order valence-corrected chi connectivity index (χ3v) is 3.69. The molecular formula is C8H11N5OS2. The number of thiocarbonyl (C=S) groups is 1. The topological polar surface area (TPSA) is 74.8 Å². The lowest BCUT2D eigenvalue weighted by Crippen LogP contribution is -2.29. The maximum Gasteiger partial charge on any atom is 0.238 e. The summed E-state index contributed by atoms with van der Waals surface area (Å²) in [6, 6.07) is 0. The Balaban J connectivity index is 1.68. The Hall–Kier alpha value is -1.02. The number of amides is 1. The van der Waals surface area contributed by atoms with Crippen LogP contribution in [-0.2, 0) is 11.2 Å². The molecule has 1 amide bonds. The number of aromatic amines is 1. The van der Waals surface area contributed by atoms with E-state index in [0.29, 0.717) is 22.4 Å². The highest BCUT2D eigenvalue weighted by atomic mass is 32.2. The smallest absolute Gasteiger partial charge is 0.238 e. The Kier molecular flexibility index (Phi) is 3.83. The molecule has 1 aliphatic heterocycles. The lowest BCUT2D eigenvalue weighted by atomic mass is 10.2. The molecule has 0 radical (unpaired) electrons. The van der Waals surface area contributed by atoms with Crippen LogP contribution in [0.2, 0.25) is 0 Å². The van der Waals surface area contributed by atoms with E-state index < -0.39 is 0 Å². The number of tetrazole rings is 1. The standard InChI is InChI=1S/C8H11N5OS2/c14-7-5-16-8(15)13(7)4-2-1-3-6-9-11-12-10-6/h1-5H2,(H,9,10,11,12). The fourth-order valence-corrected chi connectivity index (χ4v) is 2.56. The second-order valence-electron chi connectivity index (χ2n) is 3.39. The average Bonchev–Trinajstić information content (AvgIpc) is 2.87. The molecule has 1 N–H and O–H groups in total. The van der Waals surface area contributed by atoms with Crippen molar-refractivity contribution in [1.29, 1.82) is 0 Å². The second-order valence-corrected chi connectivity index (χ2v) is 4.99. The first-order valence-electron chi connectivity index (χ1n) is 4.97. The van der Waals surface area contributed by atoms with E-state index in [9.17, 15) is 4.79 Å². The fraction of sp³-hybridized carbons (Fsp3) is 0.625. The van der Waals surface area contributed by atoms with E-state index in [1.807, 2.05) is 0 Å². The van der Waals surface area contributed by atoms with Crippen LogP contribution in [0.15, 0.2) is 0 Å². The zero-order valence-electron chi connectivity index (χ0n) is 8.55. The largest absolute Gasteiger partial charge is 0.297 e. The molecule has 1 saturated heterocycles. The number of aromatic nitrogens is 4. The lowest BCUT2D eigenvalue weighted by molar-refractivity contribution is -0.124. The number of nitrogens with zero attached hydrogens (tertiary/aromatic N) is 4. The van der Waals surface area contributed by atoms with Crippen LogP contribution in [0.3, 0.4) is 0 Å². The Morgan fingerprint density at radius 2 is 2.38 bits per heavy atom. The maximum atomic E-state index is 11.4. The number of aryl methyl sites for hydroxylation is 1. The number of rotatable bonds is 5. The summed E-state index contributed by atoms with van der Waals surface area (Å²) in [5.41, 5.74) is 0. The van der Waals surface area contributed by atoms with Gasteiger partial charge in [-0.3, -0.25) is 9.69 Å². The Bertz CT molecular complexity index is 364. The molecule has 1 aromatic rings. The minimum atomic E-state index is 0.120. The van der Waals surface area contributed by atoms with Crippen molar-refractivity contribution in [3.63, 3.8) is 0 Å². The number of hydrogen-bond donors (Lipinski definition) is 1. The van der Waals surface area contributed by atoms with Crippen LogP contribution in [0.4, 0.5) is 0 Å². The highest BCUT2D eigenvalue weighted by Crippen LogP contribution is 2.19. The van der Waals surface area contributed by atoms with Crippen molar-refractivity contribution in [3.05, 3.63) is 5.82 Å². The molecule has 2 heterocycles. The molecule has 2 rings (SSSR count). The molecule has 0 unspecified atom stereocenters. The minimum absolute atomic E-state index is 0.120. The summed E-state index contributed by atoms with van der Waals surface area (Å²) >= 11 is 6.51. The summed E-state index contributed by atoms with van der Waals surface area (Å²) in [5, 5.41) is 13.6. The molecule has 0 spiro atoms. The van der Waals surface area contributed by atoms with Gasteiger partial charge in [0.25, 0.3) is 0 Å². The molecule has 0 saturated carbocycles. The zero-order valence-corrected chi connectivity index (χ0v) is 10.2. The molecule has 1 fully saturated rings. The molecule has 6 nitrogen and oxygen atoms in total. The van der Waals surface area contributed by atoms with Gasteiger partial charge in [-0.15, -0.1) is 10.2 Å². The molecule has 1 aromatic heterocycles. The van der Waals surface area contributed by atoms with Crippen LogP contribution in [0, 0.1) is 0 Å². The van der Waals surface area contributed by atoms with Gasteiger partial charge in [-0.1, -0.05) is 29.2 Å². The van der Waals surface area contributed by atoms with Crippen LogP contribution in [-0.4, -0.2) is 48.0 Å². The van der Waals surface area contributed by atoms with Crippen molar-refractivity contribution in [2.75, 3.05) is 12.3 Å². The number of unbranched alkanes of at least 4 members (excludes halogenated alkanes) is 1. The first-order valence-corrected chi connectivity index (χ1v) is 6.36. The van der Waals surface area contributed by atoms with Crippen molar-refractivity contribution in [2.45, 2.75) is 19.3 Å². The van der Waals surface area contributed by atoms with Crippen molar-refractivity contribution in [1.82, 2.24) is 25.5 Å². The van der Waals surface area contributed by atoms with Crippen LogP contribution in [0.5, 0.6) is 0 Å². The monoisotopic (exact) mass is 257 g/mol. The summed E-state index contributed by atoms with van der Waals surface area (Å²) in [7, 11) is 0. The van der Waals surface area contributed by atoms with Crippen LogP contribution >= 0.6 is 24.0 Å². The van der Waals surface area contributed by atoms with Gasteiger partial charge in [-0.05, 0) is 12.8 Å². The highest BCUT2D eigenvalue weighted by Gasteiger charge is 2.25. The predicted molar refractivity (Wildman–Crippen MR) is 63.9 cm³/mol. The van der Waals surface area contributed by atoms with Gasteiger partial charge in [0.05, 0.1) is 5.75 Å². The third kappa shape index (κ3) is 2.76. The van der Waals surface area contributed by atoms with Gasteiger partial charge < -0.3 is 0 Å². The summed E-state index contributed by atoms with van der Waals surface area (Å²) in [5.74, 6) is 1.32. The molecule has 0 aromatic carbocycles. The summed E-state index contributed by atoms with van der Waals surface area (Å²) in [6.07, 6.45) is 2.61. The Morgan fingerprint density at radius 3 is 3.00 bits per heavy atom. The number of carbonyl (C=O) groups excluding carboxylic acids is 1. The van der Waals surface area contributed by atoms with E-state index in [1.165, 1.54) is 11.8 Å². The van der Waals surface area contributed by atoms with Gasteiger partial charge in [0.2, 0.25) is 5.91 Å². The van der Waals surface area contributed by atoms with Gasteiger partial charge in [0.15, 0.2) is 5.82 Å². The van der Waals surface area contributed by atoms with Gasteiger partial charge in [-0.25, -0.2) is 0 Å². The minimum Gasteiger partial charge on any atom is -0.297 e. The summed E-state index contributed by atoms with van der Waals surface area (Å²) in [6.45, 7) is 0.697. The van der Waals surface area contributed by atoms with Crippen molar-refractivity contribution >= 4 is 34.2 Å². The second kappa shape index (κ2) is 5.35. The van der Waals surface area contributed by atoms with Crippen molar-refractivity contribution in [3.8, 4) is 0 Å². The Morgan fingerprint density at radius 1 is 1.50 bits per heavy atom. The average molecular weight is 257 g/mol. The first kappa shape index (κ1) is 11.5. The number of hydrogen-bond acceptors (Lipinski definition) is 6. The van der Waals surface area contributed by atoms with Gasteiger partial charge in [0, 0.05) is 13.0 Å². The Labute approximate surface area is 102 Å². The highest BCUT2D eigenvalue weighted by molar-refractivity contribution is 8.23. The van der Waals surface area contributed by atoms with Gasteiger partial charge in [0.1, 0.15) is 4.32 Å². The van der Waals surface area contributed by atoms with Crippen molar-refractivity contribution < 1.29 is 4.79 Å². The first-order chi connectivity index (χ1) is 7.77. The number of H-pyrrole nitrogens is 1. The number of thioether (sulfide) groups is 1. The van der Waals surface area contributed by atoms with Crippen LogP contribution in [0.25, 0.3) is 0 Å². The van der Waals surface area contributed by atoms with Crippen LogP contribution < -0.4 is 0 Å². The third-order valence-electron chi connectivity index (χ3n) is 2.26. The normalized spacial score (nSPS) is 16.1. The number of carbonyl (C=O) groups is 1. The summed E-state index contributed by atoms with van der Waals surface area (Å²) < 4.78 is 0.699. The molecule has 0 bridgehead atoms. The van der Waals surface area contributed by atoms with E-state index in [0.717, 1.165) is 19.3 Å². The SMILES string of the molecule is O=C1CSC(=S)N1CCCCc1nn[nH]n1. The van der Waals surface area contributed by atoms with E-state index in [4.69, 9.17) is 12.2 Å². The zero-order chi connectivity index (χ0) is 11.4. The van der Waals surface area contributed by atoms with Gasteiger partial charge >= 0.3 is 0 Å². The number of nitrogens with one attached hydrogen (secondary N) is 1. The van der Waals surface area contributed by atoms with E-state index in [2.05, 4.69) is 20.6 Å². The molecule has 1 aliphatic rings.